The van der Waals surface area contributed by atoms with Crippen LogP contribution in [0, 0.1) is 0 Å². The molecule has 114 valence electrons. The highest BCUT2D eigenvalue weighted by Gasteiger charge is 2.29. The molecule has 0 aromatic carbocycles. The van der Waals surface area contributed by atoms with Gasteiger partial charge >= 0.3 is 6.18 Å². The first-order valence-electron chi connectivity index (χ1n) is 5.80. The smallest absolute Gasteiger partial charge is 0.375 e. The van der Waals surface area contributed by atoms with Gasteiger partial charge in [-0.1, -0.05) is 11.6 Å². The van der Waals surface area contributed by atoms with Crippen LogP contribution >= 0.6 is 11.6 Å². The van der Waals surface area contributed by atoms with E-state index in [4.69, 9.17) is 11.6 Å². The Kier molecular flexibility index (Phi) is 4.21. The predicted molar refractivity (Wildman–Crippen MR) is 70.1 cm³/mol. The summed E-state index contributed by atoms with van der Waals surface area (Å²) in [6.07, 6.45) is -0.128. The second-order valence-electron chi connectivity index (χ2n) is 4.26. The monoisotopic (exact) mass is 321 g/mol. The van der Waals surface area contributed by atoms with Crippen molar-refractivity contribution in [1.82, 2.24) is 19.3 Å². The van der Waals surface area contributed by atoms with Crippen LogP contribution < -0.4 is 10.9 Å². The number of imidazole rings is 1. The van der Waals surface area contributed by atoms with E-state index in [1.165, 1.54) is 0 Å². The molecule has 0 atom stereocenters. The van der Waals surface area contributed by atoms with Crippen LogP contribution in [0.2, 0.25) is 5.02 Å². The highest BCUT2D eigenvalue weighted by molar-refractivity contribution is 6.32. The molecule has 0 radical (unpaired) electrons. The maximum absolute atomic E-state index is 12.3. The third kappa shape index (κ3) is 3.75. The Morgan fingerprint density at radius 1 is 1.43 bits per heavy atom. The van der Waals surface area contributed by atoms with E-state index in [0.717, 1.165) is 6.20 Å². The molecule has 2 heterocycles. The molecule has 21 heavy (non-hydrogen) atoms. The van der Waals surface area contributed by atoms with Crippen LogP contribution in [0.5, 0.6) is 0 Å². The fraction of sp³-hybridized carbons (Fsp3) is 0.364. The summed E-state index contributed by atoms with van der Waals surface area (Å²) in [5.41, 5.74) is -0.845. The minimum atomic E-state index is -4.54. The number of nitrogens with zero attached hydrogens (tertiary/aromatic N) is 4. The molecule has 1 N–H and O–H groups in total. The first-order chi connectivity index (χ1) is 9.78. The minimum absolute atomic E-state index is 0.156. The van der Waals surface area contributed by atoms with E-state index < -0.39 is 18.3 Å². The van der Waals surface area contributed by atoms with Gasteiger partial charge in [0.25, 0.3) is 5.56 Å². The normalized spacial score (nSPS) is 11.7. The second-order valence-corrected chi connectivity index (χ2v) is 4.64. The molecule has 10 heteroatoms. The average Bonchev–Trinajstić information content (AvgIpc) is 2.78. The first kappa shape index (κ1) is 15.4. The summed E-state index contributed by atoms with van der Waals surface area (Å²) in [7, 11) is 1.78. The standard InChI is InChI=1S/C11H11ClF3N5O/c1-19-3-2-16-8(19)5-17-7-4-18-20(6-11(13,14)15)10(21)9(7)12/h2-4,17H,5-6H2,1H3. The number of aromatic nitrogens is 4. The molecule has 6 nitrogen and oxygen atoms in total. The summed E-state index contributed by atoms with van der Waals surface area (Å²) in [6.45, 7) is -1.22. The van der Waals surface area contributed by atoms with Gasteiger partial charge in [0.1, 0.15) is 17.4 Å². The Morgan fingerprint density at radius 3 is 2.71 bits per heavy atom. The Hall–Kier alpha value is -2.03. The zero-order valence-electron chi connectivity index (χ0n) is 10.9. The van der Waals surface area contributed by atoms with E-state index in [0.29, 0.717) is 5.82 Å². The van der Waals surface area contributed by atoms with Crippen LogP contribution in [0.1, 0.15) is 5.82 Å². The van der Waals surface area contributed by atoms with Crippen molar-refractivity contribution in [2.24, 2.45) is 7.05 Å². The quantitative estimate of drug-likeness (QED) is 0.932. The van der Waals surface area contributed by atoms with Crippen molar-refractivity contribution in [1.29, 1.82) is 0 Å². The molecule has 0 bridgehead atoms. The fourth-order valence-corrected chi connectivity index (χ4v) is 1.83. The van der Waals surface area contributed by atoms with Gasteiger partial charge in [-0.2, -0.15) is 18.3 Å². The average molecular weight is 322 g/mol. The van der Waals surface area contributed by atoms with E-state index in [2.05, 4.69) is 15.4 Å². The summed E-state index contributed by atoms with van der Waals surface area (Å²) in [4.78, 5) is 15.8. The van der Waals surface area contributed by atoms with Crippen molar-refractivity contribution in [2.45, 2.75) is 19.3 Å². The maximum Gasteiger partial charge on any atom is 0.408 e. The van der Waals surface area contributed by atoms with Gasteiger partial charge in [0.2, 0.25) is 0 Å². The van der Waals surface area contributed by atoms with Crippen LogP contribution in [-0.4, -0.2) is 25.5 Å². The lowest BCUT2D eigenvalue weighted by Crippen LogP contribution is -2.30. The van der Waals surface area contributed by atoms with E-state index >= 15 is 0 Å². The van der Waals surface area contributed by atoms with E-state index in [9.17, 15) is 18.0 Å². The Labute approximate surface area is 122 Å². The van der Waals surface area contributed by atoms with Gasteiger partial charge in [-0.25, -0.2) is 9.67 Å². The summed E-state index contributed by atoms with van der Waals surface area (Å²) >= 11 is 5.78. The highest BCUT2D eigenvalue weighted by atomic mass is 35.5. The lowest BCUT2D eigenvalue weighted by molar-refractivity contribution is -0.143. The van der Waals surface area contributed by atoms with Crippen LogP contribution in [0.15, 0.2) is 23.4 Å². The van der Waals surface area contributed by atoms with Gasteiger partial charge in [-0.15, -0.1) is 0 Å². The zero-order valence-corrected chi connectivity index (χ0v) is 11.6. The third-order valence-corrected chi connectivity index (χ3v) is 3.04. The molecule has 0 unspecified atom stereocenters. The van der Waals surface area contributed by atoms with Gasteiger partial charge in [-0.05, 0) is 0 Å². The van der Waals surface area contributed by atoms with Gasteiger partial charge in [0, 0.05) is 19.4 Å². The highest BCUT2D eigenvalue weighted by Crippen LogP contribution is 2.19. The molecule has 2 aromatic rings. The van der Waals surface area contributed by atoms with Crippen LogP contribution in [0.25, 0.3) is 0 Å². The van der Waals surface area contributed by atoms with Crippen LogP contribution in [-0.2, 0) is 20.1 Å². The number of anilines is 1. The second kappa shape index (κ2) is 5.76. The van der Waals surface area contributed by atoms with E-state index in [1.54, 1.807) is 24.0 Å². The number of hydrogen-bond donors (Lipinski definition) is 1. The summed E-state index contributed by atoms with van der Waals surface area (Å²) < 4.78 is 38.8. The number of halogens is 4. The summed E-state index contributed by atoms with van der Waals surface area (Å²) in [6, 6.07) is 0. The zero-order chi connectivity index (χ0) is 15.6. The molecule has 0 aliphatic rings. The minimum Gasteiger partial charge on any atom is -0.375 e. The number of hydrogen-bond acceptors (Lipinski definition) is 4. The van der Waals surface area contributed by atoms with Gasteiger partial charge < -0.3 is 9.88 Å². The number of aryl methyl sites for hydroxylation is 1. The molecule has 0 spiro atoms. The van der Waals surface area contributed by atoms with Crippen molar-refractivity contribution in [3.63, 3.8) is 0 Å². The van der Waals surface area contributed by atoms with Gasteiger partial charge in [0.15, 0.2) is 0 Å². The number of rotatable bonds is 4. The number of nitrogens with one attached hydrogen (secondary N) is 1. The third-order valence-electron chi connectivity index (χ3n) is 2.67. The van der Waals surface area contributed by atoms with Crippen LogP contribution in [0.4, 0.5) is 18.9 Å². The SMILES string of the molecule is Cn1ccnc1CNc1cnn(CC(F)(F)F)c(=O)c1Cl. The number of alkyl halides is 3. The molecule has 0 saturated heterocycles. The molecule has 0 aliphatic heterocycles. The lowest BCUT2D eigenvalue weighted by atomic mass is 10.4. The molecular weight excluding hydrogens is 311 g/mol. The lowest BCUT2D eigenvalue weighted by Gasteiger charge is -2.11. The molecule has 0 amide bonds. The van der Waals surface area contributed by atoms with Crippen molar-refractivity contribution < 1.29 is 13.2 Å². The topological polar surface area (TPSA) is 64.7 Å². The first-order valence-corrected chi connectivity index (χ1v) is 6.18. The van der Waals surface area contributed by atoms with Crippen molar-refractivity contribution in [3.05, 3.63) is 39.8 Å². The van der Waals surface area contributed by atoms with Crippen molar-refractivity contribution >= 4 is 17.3 Å². The van der Waals surface area contributed by atoms with Crippen molar-refractivity contribution in [2.75, 3.05) is 5.32 Å². The van der Waals surface area contributed by atoms with Gasteiger partial charge in [0.05, 0.1) is 18.4 Å². The molecular formula is C11H11ClF3N5O. The van der Waals surface area contributed by atoms with Crippen LogP contribution in [0.3, 0.4) is 0 Å². The Balaban J connectivity index is 2.17. The largest absolute Gasteiger partial charge is 0.408 e. The molecule has 0 aliphatic carbocycles. The predicted octanol–water partition coefficient (Wildman–Crippen LogP) is 1.80. The van der Waals surface area contributed by atoms with E-state index in [-0.39, 0.29) is 21.9 Å². The Morgan fingerprint density at radius 2 is 2.14 bits per heavy atom. The molecule has 2 aromatic heterocycles. The van der Waals surface area contributed by atoms with Gasteiger partial charge in [-0.3, -0.25) is 4.79 Å². The maximum atomic E-state index is 12.3. The van der Waals surface area contributed by atoms with E-state index in [1.807, 2.05) is 0 Å². The molecule has 0 fully saturated rings. The summed E-state index contributed by atoms with van der Waals surface area (Å²) in [5, 5.41) is 5.93. The van der Waals surface area contributed by atoms with Crippen molar-refractivity contribution in [3.8, 4) is 0 Å². The fourth-order valence-electron chi connectivity index (χ4n) is 1.61. The molecule has 0 saturated carbocycles. The molecule has 2 rings (SSSR count). The summed E-state index contributed by atoms with van der Waals surface area (Å²) in [5.74, 6) is 0.672. The Bertz CT molecular complexity index is 694.